The topological polar surface area (TPSA) is 58.9 Å². The molecule has 4 nitrogen and oxygen atoms in total. The number of hydrogen-bond acceptors (Lipinski definition) is 4. The number of hydrogen-bond donors (Lipinski definition) is 1. The Bertz CT molecular complexity index is 724. The standard InChI is InChI=1S/C29H47N3O/c1-3-5-7-9-11-13-15-17-23-27-30-28(24-18-16-14-12-10-8-6-4-2)32-29(31-27)25-21-19-20-22-26(25)33/h19-22,33H,3-18,23-24H2,1-2H3. The van der Waals surface area contributed by atoms with Gasteiger partial charge in [0.2, 0.25) is 0 Å². The van der Waals surface area contributed by atoms with Gasteiger partial charge in [-0.1, -0.05) is 116 Å². The number of nitrogens with zero attached hydrogens (tertiary/aromatic N) is 3. The van der Waals surface area contributed by atoms with Crippen LogP contribution in [0.2, 0.25) is 0 Å². The van der Waals surface area contributed by atoms with Crippen LogP contribution in [-0.4, -0.2) is 20.1 Å². The molecule has 2 aromatic rings. The number of aromatic nitrogens is 3. The van der Waals surface area contributed by atoms with Crippen molar-refractivity contribution >= 4 is 0 Å². The normalized spacial score (nSPS) is 11.2. The number of aryl methyl sites for hydroxylation is 2. The van der Waals surface area contributed by atoms with E-state index in [2.05, 4.69) is 13.8 Å². The first kappa shape index (κ1) is 27.3. The molecular formula is C29H47N3O. The van der Waals surface area contributed by atoms with E-state index in [0.29, 0.717) is 11.4 Å². The van der Waals surface area contributed by atoms with Gasteiger partial charge in [0.05, 0.1) is 5.56 Å². The average Bonchev–Trinajstić information content (AvgIpc) is 2.82. The molecule has 0 radical (unpaired) electrons. The Balaban J connectivity index is 1.87. The maximum Gasteiger partial charge on any atom is 0.167 e. The lowest BCUT2D eigenvalue weighted by Crippen LogP contribution is -2.06. The van der Waals surface area contributed by atoms with Crippen LogP contribution in [0.1, 0.15) is 128 Å². The van der Waals surface area contributed by atoms with Gasteiger partial charge in [-0.25, -0.2) is 15.0 Å². The van der Waals surface area contributed by atoms with Gasteiger partial charge in [0.15, 0.2) is 5.82 Å². The molecule has 0 saturated carbocycles. The second-order valence-corrected chi connectivity index (χ2v) is 9.46. The summed E-state index contributed by atoms with van der Waals surface area (Å²) in [5.41, 5.74) is 0.703. The Morgan fingerprint density at radius 1 is 0.545 bits per heavy atom. The van der Waals surface area contributed by atoms with Crippen molar-refractivity contribution < 1.29 is 5.11 Å². The maximum absolute atomic E-state index is 10.3. The summed E-state index contributed by atoms with van der Waals surface area (Å²) in [6.45, 7) is 4.53. The Labute approximate surface area is 202 Å². The van der Waals surface area contributed by atoms with Crippen LogP contribution < -0.4 is 0 Å². The molecule has 4 heteroatoms. The minimum absolute atomic E-state index is 0.236. The highest BCUT2D eigenvalue weighted by atomic mass is 16.3. The third kappa shape index (κ3) is 11.6. The molecule has 0 atom stereocenters. The molecule has 1 N–H and O–H groups in total. The second kappa shape index (κ2) is 17.5. The second-order valence-electron chi connectivity index (χ2n) is 9.46. The van der Waals surface area contributed by atoms with Crippen LogP contribution in [0.4, 0.5) is 0 Å². The van der Waals surface area contributed by atoms with E-state index in [4.69, 9.17) is 15.0 Å². The summed E-state index contributed by atoms with van der Waals surface area (Å²) in [6, 6.07) is 7.36. The number of para-hydroxylation sites is 1. The molecule has 0 aliphatic heterocycles. The molecule has 0 amide bonds. The van der Waals surface area contributed by atoms with Crippen LogP contribution in [0.5, 0.6) is 5.75 Å². The summed E-state index contributed by atoms with van der Waals surface area (Å²) in [5, 5.41) is 10.3. The zero-order chi connectivity index (χ0) is 23.6. The summed E-state index contributed by atoms with van der Waals surface area (Å²) in [7, 11) is 0. The van der Waals surface area contributed by atoms with E-state index in [1.54, 1.807) is 6.07 Å². The van der Waals surface area contributed by atoms with Crippen LogP contribution in [-0.2, 0) is 12.8 Å². The van der Waals surface area contributed by atoms with Gasteiger partial charge in [-0.15, -0.1) is 0 Å². The Hall–Kier alpha value is -1.97. The molecule has 0 unspecified atom stereocenters. The number of benzene rings is 1. The largest absolute Gasteiger partial charge is 0.507 e. The number of rotatable bonds is 19. The molecular weight excluding hydrogens is 406 g/mol. The third-order valence-electron chi connectivity index (χ3n) is 6.38. The molecule has 184 valence electrons. The highest BCUT2D eigenvalue weighted by molar-refractivity contribution is 5.63. The van der Waals surface area contributed by atoms with Crippen molar-refractivity contribution in [2.24, 2.45) is 0 Å². The zero-order valence-electron chi connectivity index (χ0n) is 21.3. The SMILES string of the molecule is CCCCCCCCCCc1nc(CCCCCCCCCC)nc(-c2ccccc2O)n1. The van der Waals surface area contributed by atoms with E-state index in [-0.39, 0.29) is 5.75 Å². The van der Waals surface area contributed by atoms with E-state index >= 15 is 0 Å². The van der Waals surface area contributed by atoms with Crippen LogP contribution in [0, 0.1) is 0 Å². The number of aromatic hydroxyl groups is 1. The van der Waals surface area contributed by atoms with Crippen LogP contribution in [0.15, 0.2) is 24.3 Å². The highest BCUT2D eigenvalue weighted by Gasteiger charge is 2.12. The fraction of sp³-hybridized carbons (Fsp3) is 0.690. The quantitative estimate of drug-likeness (QED) is 0.216. The van der Waals surface area contributed by atoms with Crippen LogP contribution in [0.3, 0.4) is 0 Å². The smallest absolute Gasteiger partial charge is 0.167 e. The molecule has 0 fully saturated rings. The van der Waals surface area contributed by atoms with E-state index < -0.39 is 0 Å². The van der Waals surface area contributed by atoms with Crippen molar-refractivity contribution in [2.75, 3.05) is 0 Å². The van der Waals surface area contributed by atoms with Crippen LogP contribution >= 0.6 is 0 Å². The van der Waals surface area contributed by atoms with Crippen molar-refractivity contribution in [3.05, 3.63) is 35.9 Å². The van der Waals surface area contributed by atoms with E-state index in [1.807, 2.05) is 18.2 Å². The first-order valence-electron chi connectivity index (χ1n) is 13.8. The third-order valence-corrected chi connectivity index (χ3v) is 6.38. The number of unbranched alkanes of at least 4 members (excludes halogenated alkanes) is 14. The molecule has 0 saturated heterocycles. The van der Waals surface area contributed by atoms with Gasteiger partial charge in [0, 0.05) is 12.8 Å². The van der Waals surface area contributed by atoms with Gasteiger partial charge in [-0.05, 0) is 25.0 Å². The molecule has 1 aromatic heterocycles. The van der Waals surface area contributed by atoms with E-state index in [9.17, 15) is 5.11 Å². The van der Waals surface area contributed by atoms with Crippen molar-refractivity contribution in [2.45, 2.75) is 129 Å². The molecule has 0 spiro atoms. The van der Waals surface area contributed by atoms with Gasteiger partial charge in [0.25, 0.3) is 0 Å². The monoisotopic (exact) mass is 453 g/mol. The predicted molar refractivity (Wildman–Crippen MR) is 140 cm³/mol. The highest BCUT2D eigenvalue weighted by Crippen LogP contribution is 2.26. The summed E-state index contributed by atoms with van der Waals surface area (Å²) in [5.74, 6) is 2.61. The van der Waals surface area contributed by atoms with Gasteiger partial charge >= 0.3 is 0 Å². The summed E-state index contributed by atoms with van der Waals surface area (Å²) >= 11 is 0. The maximum atomic E-state index is 10.3. The Kier molecular flexibility index (Phi) is 14.5. The molecule has 1 aromatic carbocycles. The molecule has 0 aliphatic rings. The summed E-state index contributed by atoms with van der Waals surface area (Å²) in [4.78, 5) is 14.3. The van der Waals surface area contributed by atoms with Crippen LogP contribution in [0.25, 0.3) is 11.4 Å². The Morgan fingerprint density at radius 2 is 0.970 bits per heavy atom. The van der Waals surface area contributed by atoms with Crippen molar-refractivity contribution in [3.8, 4) is 17.1 Å². The lowest BCUT2D eigenvalue weighted by Gasteiger charge is -2.09. The summed E-state index contributed by atoms with van der Waals surface area (Å²) in [6.07, 6.45) is 22.6. The van der Waals surface area contributed by atoms with Gasteiger partial charge in [-0.3, -0.25) is 0 Å². The fourth-order valence-corrected chi connectivity index (χ4v) is 4.31. The molecule has 0 bridgehead atoms. The van der Waals surface area contributed by atoms with Crippen molar-refractivity contribution in [1.82, 2.24) is 15.0 Å². The number of phenolic OH excluding ortho intramolecular Hbond substituents is 1. The lowest BCUT2D eigenvalue weighted by atomic mass is 10.1. The fourth-order valence-electron chi connectivity index (χ4n) is 4.31. The molecule has 0 aliphatic carbocycles. The van der Waals surface area contributed by atoms with Crippen molar-refractivity contribution in [1.29, 1.82) is 0 Å². The average molecular weight is 454 g/mol. The van der Waals surface area contributed by atoms with Gasteiger partial charge in [-0.2, -0.15) is 0 Å². The molecule has 1 heterocycles. The molecule has 2 rings (SSSR count). The first-order valence-corrected chi connectivity index (χ1v) is 13.8. The minimum atomic E-state index is 0.236. The Morgan fingerprint density at radius 3 is 1.42 bits per heavy atom. The van der Waals surface area contributed by atoms with Crippen molar-refractivity contribution in [3.63, 3.8) is 0 Å². The molecule has 33 heavy (non-hydrogen) atoms. The summed E-state index contributed by atoms with van der Waals surface area (Å²) < 4.78 is 0. The predicted octanol–water partition coefficient (Wildman–Crippen LogP) is 8.61. The van der Waals surface area contributed by atoms with Gasteiger partial charge in [0.1, 0.15) is 17.4 Å². The lowest BCUT2D eigenvalue weighted by molar-refractivity contribution is 0.476. The first-order chi connectivity index (χ1) is 16.2. The minimum Gasteiger partial charge on any atom is -0.507 e. The van der Waals surface area contributed by atoms with Gasteiger partial charge < -0.3 is 5.11 Å². The van der Waals surface area contributed by atoms with E-state index in [1.165, 1.54) is 89.9 Å². The zero-order valence-corrected chi connectivity index (χ0v) is 21.3. The number of phenols is 1. The van der Waals surface area contributed by atoms with E-state index in [0.717, 1.165) is 37.3 Å².